The van der Waals surface area contributed by atoms with Crippen molar-refractivity contribution in [3.63, 3.8) is 0 Å². The van der Waals surface area contributed by atoms with Gasteiger partial charge in [-0.1, -0.05) is 17.7 Å². The molecular formula is C18H22ClN5O. The van der Waals surface area contributed by atoms with Crippen molar-refractivity contribution in [3.05, 3.63) is 53.8 Å². The number of halogens is 1. The van der Waals surface area contributed by atoms with Crippen molar-refractivity contribution in [3.8, 4) is 0 Å². The molecule has 6 nitrogen and oxygen atoms in total. The number of piperazine rings is 1. The second-order valence-corrected chi connectivity index (χ2v) is 6.58. The maximum Gasteiger partial charge on any atom is 0.327 e. The summed E-state index contributed by atoms with van der Waals surface area (Å²) in [6, 6.07) is 10.8. The Morgan fingerprint density at radius 1 is 1.24 bits per heavy atom. The van der Waals surface area contributed by atoms with Crippen molar-refractivity contribution in [1.82, 2.24) is 14.8 Å². The Morgan fingerprint density at radius 2 is 2.04 bits per heavy atom. The molecule has 0 spiro atoms. The zero-order valence-corrected chi connectivity index (χ0v) is 15.0. The molecule has 1 fully saturated rings. The average molecular weight is 360 g/mol. The summed E-state index contributed by atoms with van der Waals surface area (Å²) in [4.78, 5) is 23.2. The fraction of sp³-hybridized carbons (Fsp3) is 0.333. The van der Waals surface area contributed by atoms with E-state index in [-0.39, 0.29) is 6.03 Å². The van der Waals surface area contributed by atoms with E-state index in [1.165, 1.54) is 0 Å². The highest BCUT2D eigenvalue weighted by Crippen LogP contribution is 2.21. The SMILES string of the molecule is CN1CCN(CN(C(=O)Nc2cccnc2)c2cccc(Cl)c2)CC1. The Balaban J connectivity index is 1.77. The van der Waals surface area contributed by atoms with Gasteiger partial charge in [0.15, 0.2) is 0 Å². The van der Waals surface area contributed by atoms with Crippen molar-refractivity contribution < 1.29 is 4.79 Å². The topological polar surface area (TPSA) is 51.7 Å². The Labute approximate surface area is 153 Å². The number of hydrogen-bond donors (Lipinski definition) is 1. The summed E-state index contributed by atoms with van der Waals surface area (Å²) in [5, 5.41) is 3.51. The number of nitrogens with zero attached hydrogens (tertiary/aromatic N) is 4. The highest BCUT2D eigenvalue weighted by Gasteiger charge is 2.22. The minimum absolute atomic E-state index is 0.200. The van der Waals surface area contributed by atoms with Crippen LogP contribution in [-0.2, 0) is 0 Å². The van der Waals surface area contributed by atoms with Gasteiger partial charge in [-0.2, -0.15) is 0 Å². The number of hydrogen-bond acceptors (Lipinski definition) is 4. The van der Waals surface area contributed by atoms with Gasteiger partial charge in [0.1, 0.15) is 0 Å². The molecule has 0 aliphatic carbocycles. The molecule has 3 rings (SSSR count). The van der Waals surface area contributed by atoms with Gasteiger partial charge in [0.05, 0.1) is 18.6 Å². The lowest BCUT2D eigenvalue weighted by Crippen LogP contribution is -2.51. The van der Waals surface area contributed by atoms with Gasteiger partial charge in [-0.25, -0.2) is 4.79 Å². The lowest BCUT2D eigenvalue weighted by atomic mass is 10.3. The van der Waals surface area contributed by atoms with Crippen molar-refractivity contribution in [2.45, 2.75) is 0 Å². The van der Waals surface area contributed by atoms with Crippen molar-refractivity contribution in [1.29, 1.82) is 0 Å². The van der Waals surface area contributed by atoms with Gasteiger partial charge < -0.3 is 10.2 Å². The van der Waals surface area contributed by atoms with Crippen molar-refractivity contribution in [2.24, 2.45) is 0 Å². The van der Waals surface area contributed by atoms with Crippen LogP contribution in [0.2, 0.25) is 5.02 Å². The van der Waals surface area contributed by atoms with E-state index in [2.05, 4.69) is 27.1 Å². The molecule has 1 N–H and O–H groups in total. The monoisotopic (exact) mass is 359 g/mol. The number of rotatable bonds is 4. The van der Waals surface area contributed by atoms with E-state index in [0.717, 1.165) is 31.9 Å². The van der Waals surface area contributed by atoms with E-state index in [0.29, 0.717) is 17.4 Å². The molecule has 2 aromatic rings. The number of urea groups is 1. The van der Waals surface area contributed by atoms with Gasteiger partial charge in [0, 0.05) is 43.1 Å². The van der Waals surface area contributed by atoms with Gasteiger partial charge in [-0.15, -0.1) is 0 Å². The number of benzene rings is 1. The summed E-state index contributed by atoms with van der Waals surface area (Å²) < 4.78 is 0. The van der Waals surface area contributed by atoms with Crippen molar-refractivity contribution in [2.75, 3.05) is 50.1 Å². The third-order valence-corrected chi connectivity index (χ3v) is 4.45. The molecule has 132 valence electrons. The van der Waals surface area contributed by atoms with Gasteiger partial charge in [0.2, 0.25) is 0 Å². The molecule has 1 aromatic heterocycles. The summed E-state index contributed by atoms with van der Waals surface area (Å²) in [6.07, 6.45) is 3.30. The molecule has 0 unspecified atom stereocenters. The van der Waals surface area contributed by atoms with Gasteiger partial charge in [-0.3, -0.25) is 14.8 Å². The van der Waals surface area contributed by atoms with Gasteiger partial charge in [-0.05, 0) is 37.4 Å². The van der Waals surface area contributed by atoms with E-state index < -0.39 is 0 Å². The predicted molar refractivity (Wildman–Crippen MR) is 101 cm³/mol. The minimum atomic E-state index is -0.200. The van der Waals surface area contributed by atoms with Crippen LogP contribution in [0.1, 0.15) is 0 Å². The number of pyridine rings is 1. The predicted octanol–water partition coefficient (Wildman–Crippen LogP) is 2.98. The largest absolute Gasteiger partial charge is 0.327 e. The first kappa shape index (κ1) is 17.7. The van der Waals surface area contributed by atoms with Crippen LogP contribution in [-0.4, -0.2) is 60.7 Å². The van der Waals surface area contributed by atoms with E-state index in [4.69, 9.17) is 11.6 Å². The summed E-state index contributed by atoms with van der Waals surface area (Å²) in [7, 11) is 2.11. The number of anilines is 2. The minimum Gasteiger partial charge on any atom is -0.306 e. The molecule has 0 radical (unpaired) electrons. The first-order chi connectivity index (χ1) is 12.1. The lowest BCUT2D eigenvalue weighted by molar-refractivity contribution is 0.155. The molecule has 1 aliphatic heterocycles. The standard InChI is InChI=1S/C18H22ClN5O/c1-22-8-10-23(11-9-22)14-24(17-6-2-4-15(19)12-17)18(25)21-16-5-3-7-20-13-16/h2-7,12-13H,8-11,14H2,1H3,(H,21,25). The Hall–Kier alpha value is -2.15. The first-order valence-electron chi connectivity index (χ1n) is 8.27. The summed E-state index contributed by atoms with van der Waals surface area (Å²) in [5.41, 5.74) is 1.44. The van der Waals surface area contributed by atoms with Crippen LogP contribution in [0.4, 0.5) is 16.2 Å². The van der Waals surface area contributed by atoms with Gasteiger partial charge >= 0.3 is 6.03 Å². The van der Waals surface area contributed by atoms with E-state index in [1.807, 2.05) is 18.2 Å². The number of carbonyl (C=O) groups is 1. The van der Waals surface area contributed by atoms with Crippen molar-refractivity contribution >= 4 is 29.0 Å². The van der Waals surface area contributed by atoms with Crippen LogP contribution in [0.15, 0.2) is 48.8 Å². The Morgan fingerprint density at radius 3 is 2.72 bits per heavy atom. The Kier molecular flexibility index (Phi) is 5.86. The van der Waals surface area contributed by atoms with Crippen LogP contribution >= 0.6 is 11.6 Å². The molecule has 0 atom stereocenters. The highest BCUT2D eigenvalue weighted by atomic mass is 35.5. The molecule has 1 aromatic carbocycles. The first-order valence-corrected chi connectivity index (χ1v) is 8.64. The third-order valence-electron chi connectivity index (χ3n) is 4.22. The van der Waals surface area contributed by atoms with E-state index in [9.17, 15) is 4.79 Å². The maximum atomic E-state index is 12.9. The van der Waals surface area contributed by atoms with E-state index in [1.54, 1.807) is 35.5 Å². The molecule has 2 amide bonds. The molecule has 0 bridgehead atoms. The fourth-order valence-electron chi connectivity index (χ4n) is 2.72. The average Bonchev–Trinajstić information content (AvgIpc) is 2.62. The van der Waals surface area contributed by atoms with Crippen LogP contribution < -0.4 is 10.2 Å². The normalized spacial score (nSPS) is 15.8. The van der Waals surface area contributed by atoms with Gasteiger partial charge in [0.25, 0.3) is 0 Å². The molecule has 7 heteroatoms. The molecular weight excluding hydrogens is 338 g/mol. The Bertz CT molecular complexity index is 704. The van der Waals surface area contributed by atoms with Crippen LogP contribution in [0.3, 0.4) is 0 Å². The number of aromatic nitrogens is 1. The zero-order chi connectivity index (χ0) is 17.6. The lowest BCUT2D eigenvalue weighted by Gasteiger charge is -2.36. The number of carbonyl (C=O) groups excluding carboxylic acids is 1. The number of amides is 2. The fourth-order valence-corrected chi connectivity index (χ4v) is 2.91. The summed E-state index contributed by atoms with van der Waals surface area (Å²) >= 11 is 6.13. The summed E-state index contributed by atoms with van der Waals surface area (Å²) in [5.74, 6) is 0. The highest BCUT2D eigenvalue weighted by molar-refractivity contribution is 6.31. The molecule has 1 saturated heterocycles. The summed E-state index contributed by atoms with van der Waals surface area (Å²) in [6.45, 7) is 4.35. The van der Waals surface area contributed by atoms with E-state index >= 15 is 0 Å². The quantitative estimate of drug-likeness (QED) is 0.911. The second-order valence-electron chi connectivity index (χ2n) is 6.14. The molecule has 1 aliphatic rings. The molecule has 0 saturated carbocycles. The maximum absolute atomic E-state index is 12.9. The van der Waals surface area contributed by atoms with Crippen LogP contribution in [0, 0.1) is 0 Å². The van der Waals surface area contributed by atoms with Crippen LogP contribution in [0.5, 0.6) is 0 Å². The second kappa shape index (κ2) is 8.29. The van der Waals surface area contributed by atoms with Crippen LogP contribution in [0.25, 0.3) is 0 Å². The third kappa shape index (κ3) is 4.92. The smallest absolute Gasteiger partial charge is 0.306 e. The number of likely N-dealkylation sites (N-methyl/N-ethyl adjacent to an activating group) is 1. The zero-order valence-electron chi connectivity index (χ0n) is 14.2. The molecule has 2 heterocycles. The number of nitrogens with one attached hydrogen (secondary N) is 1. The molecule has 25 heavy (non-hydrogen) atoms.